The maximum Gasteiger partial charge on any atom is 0.173 e. The Morgan fingerprint density at radius 3 is 2.86 bits per heavy atom. The van der Waals surface area contributed by atoms with Gasteiger partial charge in [0.15, 0.2) is 17.5 Å². The summed E-state index contributed by atoms with van der Waals surface area (Å²) in [5.41, 5.74) is 2.51. The Hall–Kier alpha value is -1.21. The van der Waals surface area contributed by atoms with E-state index in [4.69, 9.17) is 0 Å². The Morgan fingerprint density at radius 1 is 1.29 bits per heavy atom. The first-order valence-electron chi connectivity index (χ1n) is 6.47. The summed E-state index contributed by atoms with van der Waals surface area (Å²) in [6, 6.07) is 2.58. The van der Waals surface area contributed by atoms with Gasteiger partial charge in [0.05, 0.1) is 10.2 Å². The molecule has 1 aromatic heterocycles. The molecule has 0 amide bonds. The van der Waals surface area contributed by atoms with E-state index < -0.39 is 11.6 Å². The lowest BCUT2D eigenvalue weighted by molar-refractivity contribution is 0.504. The molecule has 0 spiro atoms. The van der Waals surface area contributed by atoms with Gasteiger partial charge in [-0.3, -0.25) is 0 Å². The molecule has 110 valence electrons. The van der Waals surface area contributed by atoms with Crippen molar-refractivity contribution >= 4 is 33.5 Å². The van der Waals surface area contributed by atoms with Crippen LogP contribution in [-0.4, -0.2) is 16.5 Å². The third kappa shape index (κ3) is 2.64. The molecule has 1 aliphatic rings. The van der Waals surface area contributed by atoms with Crippen LogP contribution in [0.15, 0.2) is 16.6 Å². The molecule has 2 heterocycles. The number of benzene rings is 1. The number of hydrogen-bond donors (Lipinski definition) is 1. The van der Waals surface area contributed by atoms with Crippen LogP contribution in [0.5, 0.6) is 0 Å². The van der Waals surface area contributed by atoms with Crippen molar-refractivity contribution in [3.8, 4) is 11.4 Å². The molecule has 0 saturated heterocycles. The average molecular weight is 372 g/mol. The molecule has 21 heavy (non-hydrogen) atoms. The standard InChI is InChI=1S/C14H12BrF2N3S/c1-2-18-13-8-5-21-6-10(8)19-14(20-13)7-3-4-9(16)12(17)11(7)15/h3-4H,2,5-6H2,1H3,(H,18,19,20). The van der Waals surface area contributed by atoms with E-state index >= 15 is 0 Å². The minimum Gasteiger partial charge on any atom is -0.370 e. The number of thioether (sulfide) groups is 1. The molecule has 3 rings (SSSR count). The fourth-order valence-corrected chi connectivity index (χ4v) is 3.72. The van der Waals surface area contributed by atoms with E-state index in [1.807, 2.05) is 6.92 Å². The highest BCUT2D eigenvalue weighted by Gasteiger charge is 2.22. The van der Waals surface area contributed by atoms with Gasteiger partial charge in [0.1, 0.15) is 5.82 Å². The van der Waals surface area contributed by atoms with Crippen LogP contribution in [0.25, 0.3) is 11.4 Å². The molecule has 0 aliphatic carbocycles. The van der Waals surface area contributed by atoms with E-state index in [1.165, 1.54) is 6.07 Å². The van der Waals surface area contributed by atoms with Crippen LogP contribution in [0.1, 0.15) is 18.2 Å². The normalized spacial score (nSPS) is 13.3. The van der Waals surface area contributed by atoms with Crippen LogP contribution in [0.3, 0.4) is 0 Å². The van der Waals surface area contributed by atoms with E-state index in [0.29, 0.717) is 11.4 Å². The Bertz CT molecular complexity index is 709. The number of anilines is 1. The van der Waals surface area contributed by atoms with Crippen LogP contribution in [0, 0.1) is 11.6 Å². The second-order valence-electron chi connectivity index (χ2n) is 4.57. The molecule has 0 bridgehead atoms. The van der Waals surface area contributed by atoms with E-state index in [1.54, 1.807) is 11.8 Å². The van der Waals surface area contributed by atoms with E-state index in [-0.39, 0.29) is 4.47 Å². The third-order valence-electron chi connectivity index (χ3n) is 3.20. The zero-order valence-electron chi connectivity index (χ0n) is 11.2. The highest BCUT2D eigenvalue weighted by Crippen LogP contribution is 2.36. The van der Waals surface area contributed by atoms with Gasteiger partial charge < -0.3 is 5.32 Å². The number of halogens is 3. The first kappa shape index (κ1) is 14.7. The zero-order chi connectivity index (χ0) is 15.0. The summed E-state index contributed by atoms with van der Waals surface area (Å²) in [6.45, 7) is 2.73. The molecule has 2 aromatic rings. The van der Waals surface area contributed by atoms with Gasteiger partial charge in [0.2, 0.25) is 0 Å². The van der Waals surface area contributed by atoms with Crippen molar-refractivity contribution in [2.75, 3.05) is 11.9 Å². The monoisotopic (exact) mass is 371 g/mol. The Balaban J connectivity index is 2.15. The lowest BCUT2D eigenvalue weighted by Crippen LogP contribution is -2.07. The molecule has 0 fully saturated rings. The number of rotatable bonds is 3. The predicted octanol–water partition coefficient (Wildman–Crippen LogP) is 4.36. The van der Waals surface area contributed by atoms with Gasteiger partial charge in [0.25, 0.3) is 0 Å². The van der Waals surface area contributed by atoms with Crippen molar-refractivity contribution in [3.05, 3.63) is 39.5 Å². The quantitative estimate of drug-likeness (QED) is 0.813. The summed E-state index contributed by atoms with van der Waals surface area (Å²) >= 11 is 4.86. The molecular weight excluding hydrogens is 360 g/mol. The minimum absolute atomic E-state index is 0.0514. The molecule has 7 heteroatoms. The molecule has 0 unspecified atom stereocenters. The topological polar surface area (TPSA) is 37.8 Å². The van der Waals surface area contributed by atoms with Crippen molar-refractivity contribution in [2.24, 2.45) is 0 Å². The summed E-state index contributed by atoms with van der Waals surface area (Å²) in [7, 11) is 0. The maximum atomic E-state index is 13.7. The van der Waals surface area contributed by atoms with Gasteiger partial charge in [0, 0.05) is 29.2 Å². The summed E-state index contributed by atoms with van der Waals surface area (Å²) in [5, 5.41) is 3.22. The zero-order valence-corrected chi connectivity index (χ0v) is 13.6. The fraction of sp³-hybridized carbons (Fsp3) is 0.286. The average Bonchev–Trinajstić information content (AvgIpc) is 2.94. The van der Waals surface area contributed by atoms with Gasteiger partial charge >= 0.3 is 0 Å². The molecule has 1 N–H and O–H groups in total. The SMILES string of the molecule is CCNc1nc(-c2ccc(F)c(F)c2Br)nc2c1CSC2. The van der Waals surface area contributed by atoms with Gasteiger partial charge in [-0.1, -0.05) is 0 Å². The van der Waals surface area contributed by atoms with Crippen molar-refractivity contribution < 1.29 is 8.78 Å². The molecular formula is C14H12BrF2N3S. The minimum atomic E-state index is -0.920. The summed E-state index contributed by atoms with van der Waals surface area (Å²) < 4.78 is 27.0. The molecule has 3 nitrogen and oxygen atoms in total. The number of nitrogens with one attached hydrogen (secondary N) is 1. The highest BCUT2D eigenvalue weighted by molar-refractivity contribution is 9.10. The predicted molar refractivity (Wildman–Crippen MR) is 84.2 cm³/mol. The van der Waals surface area contributed by atoms with Crippen LogP contribution >= 0.6 is 27.7 Å². The summed E-state index contributed by atoms with van der Waals surface area (Å²) in [6.07, 6.45) is 0. The maximum absolute atomic E-state index is 13.7. The summed E-state index contributed by atoms with van der Waals surface area (Å²) in [4.78, 5) is 8.99. The first-order chi connectivity index (χ1) is 10.1. The lowest BCUT2D eigenvalue weighted by atomic mass is 10.1. The van der Waals surface area contributed by atoms with Crippen LogP contribution in [-0.2, 0) is 11.5 Å². The molecule has 1 aliphatic heterocycles. The Labute approximate surface area is 133 Å². The van der Waals surface area contributed by atoms with Crippen LogP contribution < -0.4 is 5.32 Å². The van der Waals surface area contributed by atoms with E-state index in [2.05, 4.69) is 31.2 Å². The van der Waals surface area contributed by atoms with Gasteiger partial charge in [-0.25, -0.2) is 18.7 Å². The highest BCUT2D eigenvalue weighted by atomic mass is 79.9. The fourth-order valence-electron chi connectivity index (χ4n) is 2.18. The van der Waals surface area contributed by atoms with Crippen molar-refractivity contribution in [1.29, 1.82) is 0 Å². The molecule has 0 radical (unpaired) electrons. The van der Waals surface area contributed by atoms with Crippen LogP contribution in [0.4, 0.5) is 14.6 Å². The van der Waals surface area contributed by atoms with Gasteiger partial charge in [-0.15, -0.1) is 0 Å². The summed E-state index contributed by atoms with van der Waals surface area (Å²) in [5.74, 6) is 1.05. The third-order valence-corrected chi connectivity index (χ3v) is 4.94. The molecule has 1 aromatic carbocycles. The van der Waals surface area contributed by atoms with E-state index in [0.717, 1.165) is 41.2 Å². The Kier molecular flexibility index (Phi) is 4.12. The largest absolute Gasteiger partial charge is 0.370 e. The number of nitrogens with zero attached hydrogens (tertiary/aromatic N) is 2. The molecule has 0 saturated carbocycles. The molecule has 0 atom stereocenters. The number of fused-ring (bicyclic) bond motifs is 1. The lowest BCUT2D eigenvalue weighted by Gasteiger charge is -2.11. The van der Waals surface area contributed by atoms with Crippen molar-refractivity contribution in [3.63, 3.8) is 0 Å². The van der Waals surface area contributed by atoms with Crippen molar-refractivity contribution in [1.82, 2.24) is 9.97 Å². The second-order valence-corrected chi connectivity index (χ2v) is 6.35. The second kappa shape index (κ2) is 5.88. The smallest absolute Gasteiger partial charge is 0.173 e. The van der Waals surface area contributed by atoms with Crippen LogP contribution in [0.2, 0.25) is 0 Å². The first-order valence-corrected chi connectivity index (χ1v) is 8.41. The van der Waals surface area contributed by atoms with E-state index in [9.17, 15) is 8.78 Å². The van der Waals surface area contributed by atoms with Gasteiger partial charge in [-0.05, 0) is 35.0 Å². The van der Waals surface area contributed by atoms with Crippen molar-refractivity contribution in [2.45, 2.75) is 18.4 Å². The van der Waals surface area contributed by atoms with Gasteiger partial charge in [-0.2, -0.15) is 11.8 Å². The number of aromatic nitrogens is 2. The number of hydrogen-bond acceptors (Lipinski definition) is 4. The Morgan fingerprint density at radius 2 is 2.10 bits per heavy atom.